The van der Waals surface area contributed by atoms with Crippen molar-refractivity contribution in [1.82, 2.24) is 9.78 Å². The Hall–Kier alpha value is -2.15. The van der Waals surface area contributed by atoms with E-state index in [2.05, 4.69) is 10.4 Å². The SMILES string of the molecule is CCCNc1c(S(C)(=O)=O)ccc(C(=O)c2c(C)nn(C)c2C)c1C. The molecule has 0 saturated carbocycles. The van der Waals surface area contributed by atoms with Crippen molar-refractivity contribution in [3.63, 3.8) is 0 Å². The summed E-state index contributed by atoms with van der Waals surface area (Å²) in [6.45, 7) is 8.06. The second-order valence-corrected chi connectivity index (χ2v) is 8.29. The van der Waals surface area contributed by atoms with E-state index in [0.29, 0.717) is 34.6 Å². The molecule has 2 aromatic rings. The molecule has 0 aliphatic rings. The van der Waals surface area contributed by atoms with Crippen molar-refractivity contribution in [2.45, 2.75) is 39.0 Å². The Morgan fingerprint density at radius 3 is 2.36 bits per heavy atom. The zero-order valence-electron chi connectivity index (χ0n) is 15.6. The number of ketones is 1. The average Bonchev–Trinajstić information content (AvgIpc) is 2.77. The molecule has 0 unspecified atom stereocenters. The Morgan fingerprint density at radius 1 is 1.24 bits per heavy atom. The maximum absolute atomic E-state index is 13.1. The average molecular weight is 363 g/mol. The zero-order chi connectivity index (χ0) is 18.9. The highest BCUT2D eigenvalue weighted by Gasteiger charge is 2.24. The third-order valence-corrected chi connectivity index (χ3v) is 5.50. The van der Waals surface area contributed by atoms with Gasteiger partial charge in [-0.2, -0.15) is 5.10 Å². The summed E-state index contributed by atoms with van der Waals surface area (Å²) in [5.41, 5.74) is 3.67. The molecule has 0 atom stereocenters. The highest BCUT2D eigenvalue weighted by atomic mass is 32.2. The quantitative estimate of drug-likeness (QED) is 0.798. The summed E-state index contributed by atoms with van der Waals surface area (Å²) in [5.74, 6) is -0.139. The standard InChI is InChI=1S/C18H25N3O3S/c1-7-10-19-17-11(2)14(8-9-15(17)25(6,23)24)18(22)16-12(3)20-21(5)13(16)4/h8-9,19H,7,10H2,1-6H3. The summed E-state index contributed by atoms with van der Waals surface area (Å²) >= 11 is 0. The van der Waals surface area contributed by atoms with Crippen molar-refractivity contribution in [2.75, 3.05) is 18.1 Å². The topological polar surface area (TPSA) is 81.1 Å². The molecule has 136 valence electrons. The van der Waals surface area contributed by atoms with Gasteiger partial charge in [0.25, 0.3) is 0 Å². The number of nitrogens with zero attached hydrogens (tertiary/aromatic N) is 2. The Kier molecular flexibility index (Phi) is 5.37. The molecule has 0 bridgehead atoms. The fraction of sp³-hybridized carbons (Fsp3) is 0.444. The molecule has 0 aliphatic heterocycles. The van der Waals surface area contributed by atoms with Gasteiger partial charge in [0, 0.05) is 31.1 Å². The Morgan fingerprint density at radius 2 is 1.88 bits per heavy atom. The first-order chi connectivity index (χ1) is 11.6. The van der Waals surface area contributed by atoms with E-state index in [1.165, 1.54) is 12.3 Å². The van der Waals surface area contributed by atoms with Crippen molar-refractivity contribution < 1.29 is 13.2 Å². The van der Waals surface area contributed by atoms with Crippen LogP contribution in [0, 0.1) is 20.8 Å². The number of aryl methyl sites for hydroxylation is 2. The van der Waals surface area contributed by atoms with Gasteiger partial charge in [-0.3, -0.25) is 9.48 Å². The number of anilines is 1. The number of carbonyl (C=O) groups is 1. The minimum absolute atomic E-state index is 0.139. The van der Waals surface area contributed by atoms with Gasteiger partial charge < -0.3 is 5.32 Å². The summed E-state index contributed by atoms with van der Waals surface area (Å²) in [4.78, 5) is 13.3. The van der Waals surface area contributed by atoms with E-state index in [0.717, 1.165) is 12.1 Å². The third-order valence-electron chi connectivity index (χ3n) is 4.36. The molecule has 25 heavy (non-hydrogen) atoms. The molecule has 1 heterocycles. The first-order valence-corrected chi connectivity index (χ1v) is 10.1. The first-order valence-electron chi connectivity index (χ1n) is 8.22. The molecule has 1 N–H and O–H groups in total. The lowest BCUT2D eigenvalue weighted by Gasteiger charge is -2.16. The smallest absolute Gasteiger partial charge is 0.197 e. The van der Waals surface area contributed by atoms with Crippen LogP contribution in [0.5, 0.6) is 0 Å². The molecule has 0 aliphatic carbocycles. The normalized spacial score (nSPS) is 11.6. The van der Waals surface area contributed by atoms with Gasteiger partial charge >= 0.3 is 0 Å². The molecule has 0 fully saturated rings. The number of aromatic nitrogens is 2. The van der Waals surface area contributed by atoms with Crippen molar-refractivity contribution in [2.24, 2.45) is 7.05 Å². The minimum atomic E-state index is -3.40. The van der Waals surface area contributed by atoms with Gasteiger partial charge in [-0.25, -0.2) is 8.42 Å². The van der Waals surface area contributed by atoms with E-state index in [-0.39, 0.29) is 10.7 Å². The molecule has 6 nitrogen and oxygen atoms in total. The number of hydrogen-bond acceptors (Lipinski definition) is 5. The summed E-state index contributed by atoms with van der Waals surface area (Å²) in [6, 6.07) is 3.10. The lowest BCUT2D eigenvalue weighted by atomic mass is 9.96. The summed E-state index contributed by atoms with van der Waals surface area (Å²) in [7, 11) is -1.60. The molecule has 0 spiro atoms. The number of sulfone groups is 1. The maximum atomic E-state index is 13.1. The summed E-state index contributed by atoms with van der Waals surface area (Å²) < 4.78 is 25.9. The number of hydrogen-bond donors (Lipinski definition) is 1. The van der Waals surface area contributed by atoms with E-state index in [4.69, 9.17) is 0 Å². The number of rotatable bonds is 6. The van der Waals surface area contributed by atoms with Gasteiger partial charge in [0.05, 0.1) is 21.8 Å². The molecule has 1 aromatic heterocycles. The minimum Gasteiger partial charge on any atom is -0.384 e. The predicted octanol–water partition coefficient (Wildman–Crippen LogP) is 2.80. The van der Waals surface area contributed by atoms with Crippen LogP contribution in [0.25, 0.3) is 0 Å². The van der Waals surface area contributed by atoms with Crippen molar-refractivity contribution in [3.05, 3.63) is 40.2 Å². The Labute approximate surface area is 149 Å². The highest BCUT2D eigenvalue weighted by molar-refractivity contribution is 7.90. The van der Waals surface area contributed by atoms with Crippen LogP contribution >= 0.6 is 0 Å². The molecular weight excluding hydrogens is 338 g/mol. The number of carbonyl (C=O) groups excluding carboxylic acids is 1. The van der Waals surface area contributed by atoms with Gasteiger partial charge in [-0.05, 0) is 44.9 Å². The molecule has 0 saturated heterocycles. The predicted molar refractivity (Wildman–Crippen MR) is 99.2 cm³/mol. The van der Waals surface area contributed by atoms with Crippen LogP contribution in [0.2, 0.25) is 0 Å². The fourth-order valence-electron chi connectivity index (χ4n) is 2.95. The molecular formula is C18H25N3O3S. The second kappa shape index (κ2) is 7.00. The summed E-state index contributed by atoms with van der Waals surface area (Å²) in [5, 5.41) is 7.47. The van der Waals surface area contributed by atoms with Crippen molar-refractivity contribution in [3.8, 4) is 0 Å². The van der Waals surface area contributed by atoms with Crippen LogP contribution in [0.3, 0.4) is 0 Å². The van der Waals surface area contributed by atoms with Gasteiger partial charge in [0.15, 0.2) is 15.6 Å². The molecule has 2 rings (SSSR count). The zero-order valence-corrected chi connectivity index (χ0v) is 16.4. The van der Waals surface area contributed by atoms with E-state index < -0.39 is 9.84 Å². The molecule has 7 heteroatoms. The van der Waals surface area contributed by atoms with Crippen molar-refractivity contribution in [1.29, 1.82) is 0 Å². The van der Waals surface area contributed by atoms with Crippen LogP contribution < -0.4 is 5.32 Å². The third kappa shape index (κ3) is 3.61. The second-order valence-electron chi connectivity index (χ2n) is 6.31. The Balaban J connectivity index is 2.65. The first kappa shape index (κ1) is 19.2. The number of nitrogens with one attached hydrogen (secondary N) is 1. The van der Waals surface area contributed by atoms with Crippen LogP contribution in [-0.2, 0) is 16.9 Å². The van der Waals surface area contributed by atoms with Crippen LogP contribution in [0.4, 0.5) is 5.69 Å². The summed E-state index contributed by atoms with van der Waals surface area (Å²) in [6.07, 6.45) is 2.03. The highest BCUT2D eigenvalue weighted by Crippen LogP contribution is 2.30. The van der Waals surface area contributed by atoms with Gasteiger partial charge in [-0.1, -0.05) is 6.92 Å². The van der Waals surface area contributed by atoms with E-state index in [9.17, 15) is 13.2 Å². The molecule has 1 aromatic carbocycles. The van der Waals surface area contributed by atoms with E-state index in [1.807, 2.05) is 13.8 Å². The molecule has 0 radical (unpaired) electrons. The molecule has 0 amide bonds. The van der Waals surface area contributed by atoms with Crippen LogP contribution in [0.1, 0.15) is 46.2 Å². The van der Waals surface area contributed by atoms with Gasteiger partial charge in [-0.15, -0.1) is 0 Å². The fourth-order valence-corrected chi connectivity index (χ4v) is 3.86. The van der Waals surface area contributed by atoms with Crippen LogP contribution in [-0.4, -0.2) is 36.8 Å². The largest absolute Gasteiger partial charge is 0.384 e. The Bertz CT molecular complexity index is 928. The van der Waals surface area contributed by atoms with E-state index >= 15 is 0 Å². The monoisotopic (exact) mass is 363 g/mol. The van der Waals surface area contributed by atoms with Crippen molar-refractivity contribution >= 4 is 21.3 Å². The maximum Gasteiger partial charge on any atom is 0.197 e. The number of benzene rings is 1. The van der Waals surface area contributed by atoms with E-state index in [1.54, 1.807) is 31.6 Å². The van der Waals surface area contributed by atoms with Gasteiger partial charge in [0.2, 0.25) is 0 Å². The van der Waals surface area contributed by atoms with Crippen LogP contribution in [0.15, 0.2) is 17.0 Å². The lowest BCUT2D eigenvalue weighted by molar-refractivity contribution is 0.103. The lowest BCUT2D eigenvalue weighted by Crippen LogP contribution is -2.13. The van der Waals surface area contributed by atoms with Gasteiger partial charge in [0.1, 0.15) is 0 Å².